The Morgan fingerprint density at radius 3 is 2.55 bits per heavy atom. The molecule has 0 aliphatic heterocycles. The number of aromatic nitrogens is 3. The second kappa shape index (κ2) is 10.4. The lowest BCUT2D eigenvalue weighted by molar-refractivity contribution is -0.114. The van der Waals surface area contributed by atoms with Gasteiger partial charge in [-0.15, -0.1) is 0 Å². The van der Waals surface area contributed by atoms with Gasteiger partial charge in [-0.1, -0.05) is 17.8 Å². The molecule has 2 amide bonds. The minimum absolute atomic E-state index is 0.137. The molecule has 2 aromatic heterocycles. The van der Waals surface area contributed by atoms with Crippen molar-refractivity contribution in [2.75, 3.05) is 16.4 Å². The zero-order valence-corrected chi connectivity index (χ0v) is 19.2. The average molecular weight is 464 g/mol. The molecule has 0 saturated heterocycles. The van der Waals surface area contributed by atoms with E-state index in [1.807, 2.05) is 12.1 Å². The highest BCUT2D eigenvalue weighted by Crippen LogP contribution is 2.29. The van der Waals surface area contributed by atoms with E-state index in [9.17, 15) is 14.4 Å². The predicted octanol–water partition coefficient (Wildman–Crippen LogP) is 3.25. The van der Waals surface area contributed by atoms with E-state index in [4.69, 9.17) is 0 Å². The number of amides is 2. The number of anilines is 2. The lowest BCUT2D eigenvalue weighted by Crippen LogP contribution is -2.30. The van der Waals surface area contributed by atoms with Crippen molar-refractivity contribution in [1.82, 2.24) is 14.5 Å². The minimum Gasteiger partial charge on any atom is -0.326 e. The molecule has 0 saturated carbocycles. The molecule has 4 rings (SSSR count). The highest BCUT2D eigenvalue weighted by atomic mass is 32.2. The first-order valence-electron chi connectivity index (χ1n) is 10.8. The molecule has 0 radical (unpaired) electrons. The molecule has 2 heterocycles. The monoisotopic (exact) mass is 463 g/mol. The van der Waals surface area contributed by atoms with Crippen molar-refractivity contribution in [2.45, 2.75) is 44.2 Å². The summed E-state index contributed by atoms with van der Waals surface area (Å²) in [6.45, 7) is 1.90. The fourth-order valence-corrected chi connectivity index (χ4v) is 4.79. The van der Waals surface area contributed by atoms with Crippen molar-refractivity contribution in [1.29, 1.82) is 0 Å². The lowest BCUT2D eigenvalue weighted by Gasteiger charge is -2.22. The number of nitrogens with zero attached hydrogens (tertiary/aromatic N) is 3. The molecule has 8 nitrogen and oxygen atoms in total. The van der Waals surface area contributed by atoms with Crippen LogP contribution < -0.4 is 16.3 Å². The number of pyridine rings is 1. The van der Waals surface area contributed by atoms with Gasteiger partial charge < -0.3 is 10.6 Å². The van der Waals surface area contributed by atoms with E-state index in [0.29, 0.717) is 22.9 Å². The van der Waals surface area contributed by atoms with E-state index in [1.54, 1.807) is 41.2 Å². The molecule has 0 fully saturated rings. The van der Waals surface area contributed by atoms with Crippen LogP contribution in [-0.2, 0) is 29.0 Å². The first-order chi connectivity index (χ1) is 16.0. The largest absolute Gasteiger partial charge is 0.349 e. The van der Waals surface area contributed by atoms with E-state index in [1.165, 1.54) is 18.7 Å². The number of nitrogens with one attached hydrogen (secondary N) is 2. The van der Waals surface area contributed by atoms with Gasteiger partial charge in [-0.05, 0) is 61.6 Å². The van der Waals surface area contributed by atoms with Gasteiger partial charge >= 0.3 is 5.69 Å². The zero-order valence-electron chi connectivity index (χ0n) is 18.3. The van der Waals surface area contributed by atoms with Gasteiger partial charge in [0.05, 0.1) is 12.3 Å². The van der Waals surface area contributed by atoms with Crippen LogP contribution in [0.4, 0.5) is 11.4 Å². The third-order valence-corrected chi connectivity index (χ3v) is 6.37. The van der Waals surface area contributed by atoms with Crippen molar-refractivity contribution in [2.24, 2.45) is 0 Å². The smallest absolute Gasteiger partial charge is 0.326 e. The number of benzene rings is 1. The van der Waals surface area contributed by atoms with Crippen LogP contribution >= 0.6 is 11.8 Å². The molecule has 3 aromatic rings. The van der Waals surface area contributed by atoms with E-state index in [-0.39, 0.29) is 23.3 Å². The summed E-state index contributed by atoms with van der Waals surface area (Å²) in [5.41, 5.74) is 4.00. The Kier molecular flexibility index (Phi) is 7.19. The van der Waals surface area contributed by atoms with Gasteiger partial charge in [0.25, 0.3) is 0 Å². The summed E-state index contributed by atoms with van der Waals surface area (Å²) in [5, 5.41) is 6.17. The van der Waals surface area contributed by atoms with E-state index in [2.05, 4.69) is 20.6 Å². The van der Waals surface area contributed by atoms with Crippen LogP contribution in [0.5, 0.6) is 0 Å². The summed E-state index contributed by atoms with van der Waals surface area (Å²) in [5.74, 6) is -0.242. The predicted molar refractivity (Wildman–Crippen MR) is 129 cm³/mol. The molecule has 1 aliphatic carbocycles. The van der Waals surface area contributed by atoms with Gasteiger partial charge in [0.15, 0.2) is 0 Å². The Bertz CT molecular complexity index is 1230. The fraction of sp³-hybridized carbons (Fsp3) is 0.292. The number of rotatable bonds is 7. The van der Waals surface area contributed by atoms with Crippen LogP contribution in [0, 0.1) is 0 Å². The van der Waals surface area contributed by atoms with Gasteiger partial charge in [-0.25, -0.2) is 4.79 Å². The van der Waals surface area contributed by atoms with Crippen molar-refractivity contribution < 1.29 is 9.59 Å². The van der Waals surface area contributed by atoms with Crippen LogP contribution in [0.1, 0.15) is 36.6 Å². The molecule has 0 unspecified atom stereocenters. The summed E-state index contributed by atoms with van der Waals surface area (Å²) in [6, 6.07) is 10.8. The molecule has 1 aliphatic rings. The maximum atomic E-state index is 12.9. The number of fused-ring (bicyclic) bond motifs is 1. The number of hydrogen-bond donors (Lipinski definition) is 2. The van der Waals surface area contributed by atoms with E-state index in [0.717, 1.165) is 42.5 Å². The number of carbonyl (C=O) groups is 2. The molecule has 0 bridgehead atoms. The minimum atomic E-state index is -0.293. The number of thioether (sulfide) groups is 1. The number of carbonyl (C=O) groups excluding carboxylic acids is 2. The van der Waals surface area contributed by atoms with Crippen LogP contribution in [0.15, 0.2) is 58.6 Å². The topological polar surface area (TPSA) is 106 Å². The normalized spacial score (nSPS) is 12.6. The molecule has 1 aromatic carbocycles. The molecular weight excluding hydrogens is 438 g/mol. The Hall–Kier alpha value is -3.46. The summed E-state index contributed by atoms with van der Waals surface area (Å²) in [6.07, 6.45) is 7.18. The van der Waals surface area contributed by atoms with Crippen LogP contribution in [0.3, 0.4) is 0 Å². The van der Waals surface area contributed by atoms with Crippen LogP contribution in [-0.4, -0.2) is 32.1 Å². The Balaban J connectivity index is 1.48. The highest BCUT2D eigenvalue weighted by molar-refractivity contribution is 8.00. The Labute approximate surface area is 195 Å². The fourth-order valence-electron chi connectivity index (χ4n) is 3.91. The lowest BCUT2D eigenvalue weighted by atomic mass is 9.97. The molecule has 170 valence electrons. The Morgan fingerprint density at radius 2 is 1.79 bits per heavy atom. The molecule has 2 N–H and O–H groups in total. The molecular formula is C24H25N5O3S. The van der Waals surface area contributed by atoms with Gasteiger partial charge in [-0.3, -0.25) is 19.1 Å². The summed E-state index contributed by atoms with van der Waals surface area (Å²) >= 11 is 1.29. The van der Waals surface area contributed by atoms with E-state index < -0.39 is 0 Å². The number of hydrogen-bond acceptors (Lipinski definition) is 6. The van der Waals surface area contributed by atoms with Crippen molar-refractivity contribution in [3.05, 3.63) is 76.1 Å². The molecule has 0 spiro atoms. The average Bonchev–Trinajstić information content (AvgIpc) is 2.80. The van der Waals surface area contributed by atoms with Gasteiger partial charge in [0.1, 0.15) is 5.03 Å². The molecule has 0 atom stereocenters. The maximum Gasteiger partial charge on any atom is 0.349 e. The molecule has 9 heteroatoms. The standard InChI is InChI=1S/C24H25N5O3S/c1-16(30)26-18-5-4-6-19(13-18)27-22(31)15-33-23-20-7-2-3-8-21(20)29(24(32)28-23)14-17-9-11-25-12-10-17/h4-6,9-13H,2-3,7-8,14-15H2,1H3,(H,26,30)(H,27,31). The highest BCUT2D eigenvalue weighted by Gasteiger charge is 2.21. The second-order valence-electron chi connectivity index (χ2n) is 7.87. The second-order valence-corrected chi connectivity index (χ2v) is 8.84. The van der Waals surface area contributed by atoms with Crippen molar-refractivity contribution in [3.8, 4) is 0 Å². The summed E-state index contributed by atoms with van der Waals surface area (Å²) < 4.78 is 1.75. The third kappa shape index (κ3) is 5.87. The van der Waals surface area contributed by atoms with Crippen molar-refractivity contribution in [3.63, 3.8) is 0 Å². The Morgan fingerprint density at radius 1 is 1.06 bits per heavy atom. The van der Waals surface area contributed by atoms with Crippen LogP contribution in [0.25, 0.3) is 0 Å². The van der Waals surface area contributed by atoms with Gasteiger partial charge in [0.2, 0.25) is 11.8 Å². The quantitative estimate of drug-likeness (QED) is 0.412. The van der Waals surface area contributed by atoms with Crippen LogP contribution in [0.2, 0.25) is 0 Å². The first kappa shape index (κ1) is 22.7. The van der Waals surface area contributed by atoms with Crippen molar-refractivity contribution >= 4 is 35.0 Å². The van der Waals surface area contributed by atoms with E-state index >= 15 is 0 Å². The summed E-state index contributed by atoms with van der Waals surface area (Å²) in [4.78, 5) is 45.0. The SMILES string of the molecule is CC(=O)Nc1cccc(NC(=O)CSc2nc(=O)n(Cc3ccncc3)c3c2CCCC3)c1. The van der Waals surface area contributed by atoms with Gasteiger partial charge in [-0.2, -0.15) is 4.98 Å². The molecule has 33 heavy (non-hydrogen) atoms. The maximum absolute atomic E-state index is 12.9. The zero-order chi connectivity index (χ0) is 23.2. The summed E-state index contributed by atoms with van der Waals surface area (Å²) in [7, 11) is 0. The third-order valence-electron chi connectivity index (χ3n) is 5.35. The first-order valence-corrected chi connectivity index (χ1v) is 11.8. The van der Waals surface area contributed by atoms with Gasteiger partial charge in [0, 0.05) is 41.9 Å².